The van der Waals surface area contributed by atoms with E-state index in [1.807, 2.05) is 32.9 Å². The van der Waals surface area contributed by atoms with Crippen LogP contribution in [0.25, 0.3) is 0 Å². The number of ketones is 1. The lowest BCUT2D eigenvalue weighted by Crippen LogP contribution is -2.50. The van der Waals surface area contributed by atoms with E-state index in [1.54, 1.807) is 18.3 Å². The van der Waals surface area contributed by atoms with Gasteiger partial charge < -0.3 is 24.5 Å². The van der Waals surface area contributed by atoms with Crippen molar-refractivity contribution in [1.82, 2.24) is 5.32 Å². The number of rotatable bonds is 11. The highest BCUT2D eigenvalue weighted by molar-refractivity contribution is 7.12. The summed E-state index contributed by atoms with van der Waals surface area (Å²) in [6.45, 7) is 7.12. The van der Waals surface area contributed by atoms with Crippen LogP contribution in [0, 0.1) is 0 Å². The molecule has 0 aliphatic heterocycles. The van der Waals surface area contributed by atoms with Crippen molar-refractivity contribution in [3.63, 3.8) is 0 Å². The first-order valence-electron chi connectivity index (χ1n) is 8.50. The fourth-order valence-electron chi connectivity index (χ4n) is 2.35. The Morgan fingerprint density at radius 1 is 1.28 bits per heavy atom. The van der Waals surface area contributed by atoms with E-state index in [0.29, 0.717) is 12.8 Å². The quantitative estimate of drug-likeness (QED) is 0.516. The fourth-order valence-corrected chi connectivity index (χ4v) is 3.47. The molecule has 3 N–H and O–H groups in total. The highest BCUT2D eigenvalue weighted by Gasteiger charge is 2.25. The van der Waals surface area contributed by atoms with Gasteiger partial charge in [-0.1, -0.05) is 0 Å². The molecule has 25 heavy (non-hydrogen) atoms. The number of thiophene rings is 1. The Morgan fingerprint density at radius 2 is 1.92 bits per heavy atom. The van der Waals surface area contributed by atoms with E-state index in [0.717, 1.165) is 17.7 Å². The maximum atomic E-state index is 11.0. The van der Waals surface area contributed by atoms with E-state index < -0.39 is 24.3 Å². The van der Waals surface area contributed by atoms with Gasteiger partial charge in [0.1, 0.15) is 5.78 Å². The first-order chi connectivity index (χ1) is 11.6. The monoisotopic (exact) mass is 373 g/mol. The molecule has 0 fully saturated rings. The van der Waals surface area contributed by atoms with Gasteiger partial charge in [0.25, 0.3) is 0 Å². The van der Waals surface area contributed by atoms with Crippen LogP contribution in [0.5, 0.6) is 0 Å². The minimum Gasteiger partial charge on any atom is -0.367 e. The summed E-state index contributed by atoms with van der Waals surface area (Å²) in [6, 6.07) is 3.53. The molecule has 0 aliphatic carbocycles. The zero-order chi connectivity index (χ0) is 19.0. The van der Waals surface area contributed by atoms with E-state index in [4.69, 9.17) is 9.47 Å². The van der Waals surface area contributed by atoms with Crippen molar-refractivity contribution < 1.29 is 24.5 Å². The Bertz CT molecular complexity index is 526. The average Bonchev–Trinajstić information content (AvgIpc) is 2.91. The second-order valence-electron chi connectivity index (χ2n) is 7.11. The normalized spacial score (nSPS) is 15.8. The SMILES string of the molecule is COC(O)[C@H](Cc1ccc(CCCC(C)=O)s1)NC(O)OC(C)(C)C. The molecule has 1 rings (SSSR count). The molecule has 7 heteroatoms. The predicted octanol–water partition coefficient (Wildman–Crippen LogP) is 2.22. The lowest BCUT2D eigenvalue weighted by atomic mass is 10.1. The Labute approximate surface area is 154 Å². The van der Waals surface area contributed by atoms with E-state index in [2.05, 4.69) is 5.32 Å². The Morgan fingerprint density at radius 3 is 2.48 bits per heavy atom. The Balaban J connectivity index is 2.63. The summed E-state index contributed by atoms with van der Waals surface area (Å²) in [7, 11) is 1.41. The van der Waals surface area contributed by atoms with Gasteiger partial charge in [-0.15, -0.1) is 11.3 Å². The Hall–Kier alpha value is -0.830. The molecule has 0 amide bonds. The summed E-state index contributed by atoms with van der Waals surface area (Å²) in [4.78, 5) is 13.3. The van der Waals surface area contributed by atoms with Gasteiger partial charge >= 0.3 is 0 Å². The molecule has 0 aromatic carbocycles. The van der Waals surface area contributed by atoms with Crippen molar-refractivity contribution in [2.45, 2.75) is 77.7 Å². The third kappa shape index (κ3) is 9.44. The van der Waals surface area contributed by atoms with Crippen LogP contribution < -0.4 is 5.32 Å². The second-order valence-corrected chi connectivity index (χ2v) is 8.36. The standard InChI is InChI=1S/C18H31NO5S/c1-12(20)7-6-8-13-9-10-14(25-13)11-15(16(21)23-5)19-17(22)24-18(2,3)4/h9-10,15-17,19,21-22H,6-8,11H2,1-5H3/t15-,16?,17?/m0/s1. The first kappa shape index (κ1) is 22.2. The number of ether oxygens (including phenoxy) is 2. The lowest BCUT2D eigenvalue weighted by molar-refractivity contribution is -0.200. The van der Waals surface area contributed by atoms with Gasteiger partial charge in [0.05, 0.1) is 11.6 Å². The molecule has 2 unspecified atom stereocenters. The largest absolute Gasteiger partial charge is 0.367 e. The number of Topliss-reactive ketones (excluding diaryl/α,β-unsaturated/α-hetero) is 1. The minimum absolute atomic E-state index is 0.206. The maximum absolute atomic E-state index is 11.0. The van der Waals surface area contributed by atoms with Crippen molar-refractivity contribution in [1.29, 1.82) is 0 Å². The molecule has 144 valence electrons. The van der Waals surface area contributed by atoms with E-state index in [1.165, 1.54) is 12.0 Å². The highest BCUT2D eigenvalue weighted by Crippen LogP contribution is 2.21. The van der Waals surface area contributed by atoms with Crippen molar-refractivity contribution >= 4 is 17.1 Å². The van der Waals surface area contributed by atoms with Gasteiger partial charge in [0.2, 0.25) is 6.41 Å². The van der Waals surface area contributed by atoms with Gasteiger partial charge in [-0.05, 0) is 52.7 Å². The average molecular weight is 374 g/mol. The van der Waals surface area contributed by atoms with Crippen molar-refractivity contribution in [2.24, 2.45) is 0 Å². The summed E-state index contributed by atoms with van der Waals surface area (Å²) in [5.41, 5.74) is -0.512. The van der Waals surface area contributed by atoms with Gasteiger partial charge in [0.15, 0.2) is 6.29 Å². The van der Waals surface area contributed by atoms with Crippen LogP contribution in [-0.2, 0) is 27.1 Å². The van der Waals surface area contributed by atoms with Crippen molar-refractivity contribution in [3.05, 3.63) is 21.9 Å². The topological polar surface area (TPSA) is 88.0 Å². The number of methoxy groups -OCH3 is 1. The molecule has 1 heterocycles. The molecule has 0 bridgehead atoms. The molecular formula is C18H31NO5S. The number of hydrogen-bond donors (Lipinski definition) is 3. The number of aryl methyl sites for hydroxylation is 1. The first-order valence-corrected chi connectivity index (χ1v) is 9.32. The fraction of sp³-hybridized carbons (Fsp3) is 0.722. The zero-order valence-electron chi connectivity index (χ0n) is 15.7. The molecule has 1 aromatic rings. The second kappa shape index (κ2) is 10.4. The van der Waals surface area contributed by atoms with Crippen LogP contribution in [0.15, 0.2) is 12.1 Å². The number of nitrogens with one attached hydrogen (secondary N) is 1. The van der Waals surface area contributed by atoms with Gasteiger partial charge in [-0.3, -0.25) is 5.32 Å². The third-order valence-corrected chi connectivity index (χ3v) is 4.67. The smallest absolute Gasteiger partial charge is 0.214 e. The summed E-state index contributed by atoms with van der Waals surface area (Å²) < 4.78 is 10.4. The minimum atomic E-state index is -1.20. The number of hydrogen-bond acceptors (Lipinski definition) is 7. The molecule has 0 saturated carbocycles. The summed E-state index contributed by atoms with van der Waals surface area (Å²) >= 11 is 1.64. The van der Waals surface area contributed by atoms with Gasteiger partial charge in [-0.2, -0.15) is 0 Å². The third-order valence-electron chi connectivity index (χ3n) is 3.50. The van der Waals surface area contributed by atoms with Crippen molar-refractivity contribution in [3.8, 4) is 0 Å². The van der Waals surface area contributed by atoms with Crippen LogP contribution in [-0.4, -0.2) is 47.5 Å². The molecule has 0 aliphatic rings. The number of aliphatic hydroxyl groups excluding tert-OH is 2. The van der Waals surface area contributed by atoms with Crippen LogP contribution >= 0.6 is 11.3 Å². The van der Waals surface area contributed by atoms with E-state index in [-0.39, 0.29) is 5.78 Å². The van der Waals surface area contributed by atoms with Crippen LogP contribution in [0.3, 0.4) is 0 Å². The lowest BCUT2D eigenvalue weighted by Gasteiger charge is -2.29. The van der Waals surface area contributed by atoms with Gasteiger partial charge in [-0.25, -0.2) is 0 Å². The van der Waals surface area contributed by atoms with E-state index in [9.17, 15) is 15.0 Å². The molecular weight excluding hydrogens is 342 g/mol. The van der Waals surface area contributed by atoms with Crippen LogP contribution in [0.4, 0.5) is 0 Å². The summed E-state index contributed by atoms with van der Waals surface area (Å²) in [6.07, 6.45) is 0.527. The molecule has 0 saturated heterocycles. The summed E-state index contributed by atoms with van der Waals surface area (Å²) in [5, 5.41) is 22.9. The van der Waals surface area contributed by atoms with Crippen LogP contribution in [0.1, 0.15) is 50.3 Å². The Kier molecular flexibility index (Phi) is 9.20. The predicted molar refractivity (Wildman–Crippen MR) is 98.4 cm³/mol. The molecule has 3 atom stereocenters. The summed E-state index contributed by atoms with van der Waals surface area (Å²) in [5.74, 6) is 0.206. The molecule has 0 spiro atoms. The van der Waals surface area contributed by atoms with Crippen molar-refractivity contribution in [2.75, 3.05) is 7.11 Å². The molecule has 0 radical (unpaired) electrons. The molecule has 1 aromatic heterocycles. The number of carbonyl (C=O) groups excluding carboxylic acids is 1. The highest BCUT2D eigenvalue weighted by atomic mass is 32.1. The number of carbonyl (C=O) groups is 1. The van der Waals surface area contributed by atoms with Gasteiger partial charge in [0, 0.05) is 29.7 Å². The van der Waals surface area contributed by atoms with E-state index >= 15 is 0 Å². The van der Waals surface area contributed by atoms with Crippen LogP contribution in [0.2, 0.25) is 0 Å². The molecule has 6 nitrogen and oxygen atoms in total. The maximum Gasteiger partial charge on any atom is 0.214 e. The zero-order valence-corrected chi connectivity index (χ0v) is 16.6. The number of aliphatic hydroxyl groups is 2.